The third kappa shape index (κ3) is 8.32. The number of hydrogen-bond donors (Lipinski definition) is 0. The SMILES string of the molecule is c1ccc(-c2c(-c3ccccc3)n(-c3ccc(N(c4ccccc4)c4ccccc4)cc3)c3c2ccc2c4ccc5c(-c6ccccc6)c(-c6ccccc6)n(-c6ccc(N(c7ccccc7)c7ccccc7)cc6)c5c4ccc23)cc1. The molecule has 4 heteroatoms. The van der Waals surface area contributed by atoms with E-state index in [1.807, 2.05) is 0 Å². The van der Waals surface area contributed by atoms with Crippen LogP contribution < -0.4 is 9.80 Å². The van der Waals surface area contributed by atoms with Gasteiger partial charge in [0.05, 0.1) is 22.4 Å². The second kappa shape index (κ2) is 20.7. The smallest absolute Gasteiger partial charge is 0.0620 e. The summed E-state index contributed by atoms with van der Waals surface area (Å²) in [5.41, 5.74) is 20.4. The van der Waals surface area contributed by atoms with Gasteiger partial charge in [-0.3, -0.25) is 0 Å². The minimum atomic E-state index is 1.08. The predicted octanol–water partition coefficient (Wildman–Crippen LogP) is 21.5. The summed E-state index contributed by atoms with van der Waals surface area (Å²) in [5.74, 6) is 0. The maximum absolute atomic E-state index is 2.53. The van der Waals surface area contributed by atoms with E-state index in [1.54, 1.807) is 0 Å². The monoisotopic (exact) mass is 1050 g/mol. The molecule has 15 aromatic rings. The Morgan fingerprint density at radius 3 is 0.707 bits per heavy atom. The summed E-state index contributed by atoms with van der Waals surface area (Å²) in [5, 5.41) is 7.12. The summed E-state index contributed by atoms with van der Waals surface area (Å²) in [6.45, 7) is 0. The minimum Gasteiger partial charge on any atom is -0.311 e. The Bertz CT molecular complexity index is 4330. The summed E-state index contributed by atoms with van der Waals surface area (Å²) in [4.78, 5) is 4.65. The molecule has 0 bridgehead atoms. The van der Waals surface area contributed by atoms with Crippen LogP contribution in [0.15, 0.2) is 328 Å². The largest absolute Gasteiger partial charge is 0.311 e. The minimum absolute atomic E-state index is 1.08. The number of fused-ring (bicyclic) bond motifs is 7. The molecule has 0 spiro atoms. The van der Waals surface area contributed by atoms with Crippen LogP contribution in [0.4, 0.5) is 34.1 Å². The molecule has 0 atom stereocenters. The summed E-state index contributed by atoms with van der Waals surface area (Å²) in [6.07, 6.45) is 0. The van der Waals surface area contributed by atoms with Gasteiger partial charge in [0.1, 0.15) is 0 Å². The van der Waals surface area contributed by atoms with Gasteiger partial charge >= 0.3 is 0 Å². The fourth-order valence-corrected chi connectivity index (χ4v) is 12.5. The molecule has 2 aromatic heterocycles. The summed E-state index contributed by atoms with van der Waals surface area (Å²) >= 11 is 0. The van der Waals surface area contributed by atoms with Gasteiger partial charge in [0.2, 0.25) is 0 Å². The summed E-state index contributed by atoms with van der Waals surface area (Å²) in [6, 6.07) is 119. The van der Waals surface area contributed by atoms with E-state index in [0.29, 0.717) is 0 Å². The van der Waals surface area contributed by atoms with Crippen LogP contribution in [0, 0.1) is 0 Å². The van der Waals surface area contributed by atoms with Crippen molar-refractivity contribution in [1.82, 2.24) is 9.13 Å². The molecule has 0 radical (unpaired) electrons. The zero-order chi connectivity index (χ0) is 54.3. The van der Waals surface area contributed by atoms with Crippen molar-refractivity contribution in [2.45, 2.75) is 0 Å². The number of aromatic nitrogens is 2. The Hall–Kier alpha value is -10.9. The number of nitrogens with zero attached hydrogens (tertiary/aromatic N) is 4. The molecule has 386 valence electrons. The van der Waals surface area contributed by atoms with Crippen LogP contribution in [0.3, 0.4) is 0 Å². The lowest BCUT2D eigenvalue weighted by Crippen LogP contribution is -2.09. The van der Waals surface area contributed by atoms with Crippen LogP contribution in [0.2, 0.25) is 0 Å². The lowest BCUT2D eigenvalue weighted by Gasteiger charge is -2.26. The van der Waals surface area contributed by atoms with Crippen molar-refractivity contribution in [2.75, 3.05) is 9.80 Å². The highest BCUT2D eigenvalue weighted by molar-refractivity contribution is 6.26. The van der Waals surface area contributed by atoms with E-state index >= 15 is 0 Å². The zero-order valence-electron chi connectivity index (χ0n) is 45.0. The van der Waals surface area contributed by atoms with Crippen LogP contribution in [0.1, 0.15) is 0 Å². The molecule has 0 aliphatic heterocycles. The van der Waals surface area contributed by atoms with Gasteiger partial charge in [-0.1, -0.05) is 231 Å². The molecule has 0 saturated heterocycles. The first-order valence-corrected chi connectivity index (χ1v) is 28.1. The first kappa shape index (κ1) is 48.2. The van der Waals surface area contributed by atoms with E-state index in [2.05, 4.69) is 347 Å². The first-order chi connectivity index (χ1) is 40.7. The quantitative estimate of drug-likeness (QED) is 0.113. The molecule has 82 heavy (non-hydrogen) atoms. The Morgan fingerprint density at radius 2 is 0.415 bits per heavy atom. The third-order valence-corrected chi connectivity index (χ3v) is 16.1. The topological polar surface area (TPSA) is 16.3 Å². The standard InChI is InChI=1S/C78H54N4/c1-9-25-55(26-10-1)73-71-53-49-67-68-50-54-72-74(56-27-11-2-12-28-56)76(58-31-15-4-16-32-58)82(66-47-43-64(44-48-66)80(61-37-21-7-22-38-61)62-39-23-8-24-40-62)78(72)70(68)52-51-69(67)77(71)81(75(73)57-29-13-3-14-30-57)65-45-41-63(42-46-65)79(59-33-17-5-18-34-59)60-35-19-6-20-36-60/h1-54H. The van der Waals surface area contributed by atoms with Crippen molar-refractivity contribution in [2.24, 2.45) is 0 Å². The second-order valence-corrected chi connectivity index (χ2v) is 20.8. The van der Waals surface area contributed by atoms with E-state index in [4.69, 9.17) is 0 Å². The molecule has 0 unspecified atom stereocenters. The summed E-state index contributed by atoms with van der Waals surface area (Å²) in [7, 11) is 0. The van der Waals surface area contributed by atoms with Gasteiger partial charge in [-0.25, -0.2) is 0 Å². The first-order valence-electron chi connectivity index (χ1n) is 28.1. The van der Waals surface area contributed by atoms with Gasteiger partial charge in [0, 0.05) is 78.2 Å². The predicted molar refractivity (Wildman–Crippen MR) is 346 cm³/mol. The Labute approximate surface area is 477 Å². The highest BCUT2D eigenvalue weighted by Gasteiger charge is 2.27. The number of benzene rings is 13. The molecule has 0 aliphatic rings. The molecule has 15 rings (SSSR count). The number of hydrogen-bond acceptors (Lipinski definition) is 2. The van der Waals surface area contributed by atoms with Gasteiger partial charge in [-0.05, 0) is 130 Å². The maximum Gasteiger partial charge on any atom is 0.0620 e. The van der Waals surface area contributed by atoms with Crippen molar-refractivity contribution in [3.63, 3.8) is 0 Å². The molecular formula is C78H54N4. The third-order valence-electron chi connectivity index (χ3n) is 16.1. The van der Waals surface area contributed by atoms with Crippen LogP contribution in [0.5, 0.6) is 0 Å². The lowest BCUT2D eigenvalue weighted by molar-refractivity contribution is 1.14. The van der Waals surface area contributed by atoms with Gasteiger partial charge in [0.25, 0.3) is 0 Å². The zero-order valence-corrected chi connectivity index (χ0v) is 45.0. The highest BCUT2D eigenvalue weighted by atomic mass is 15.1. The molecule has 0 saturated carbocycles. The van der Waals surface area contributed by atoms with Crippen LogP contribution in [0.25, 0.3) is 99.5 Å². The van der Waals surface area contributed by atoms with E-state index in [9.17, 15) is 0 Å². The van der Waals surface area contributed by atoms with Crippen LogP contribution in [-0.2, 0) is 0 Å². The summed E-state index contributed by atoms with van der Waals surface area (Å²) < 4.78 is 5.05. The van der Waals surface area contributed by atoms with E-state index in [1.165, 1.54) is 54.6 Å². The van der Waals surface area contributed by atoms with Crippen molar-refractivity contribution in [3.05, 3.63) is 328 Å². The molecule has 0 amide bonds. The average Bonchev–Trinajstić information content (AvgIpc) is 3.92. The van der Waals surface area contributed by atoms with Crippen molar-refractivity contribution in [3.8, 4) is 56.1 Å². The average molecular weight is 1050 g/mol. The van der Waals surface area contributed by atoms with E-state index in [0.717, 1.165) is 79.0 Å². The Balaban J connectivity index is 0.999. The Kier molecular flexibility index (Phi) is 12.2. The van der Waals surface area contributed by atoms with E-state index in [-0.39, 0.29) is 0 Å². The van der Waals surface area contributed by atoms with Crippen LogP contribution in [-0.4, -0.2) is 9.13 Å². The fourth-order valence-electron chi connectivity index (χ4n) is 12.5. The van der Waals surface area contributed by atoms with Crippen LogP contribution >= 0.6 is 0 Å². The number of rotatable bonds is 12. The maximum atomic E-state index is 2.53. The normalized spacial score (nSPS) is 11.4. The van der Waals surface area contributed by atoms with E-state index < -0.39 is 0 Å². The fraction of sp³-hybridized carbons (Fsp3) is 0. The molecular weight excluding hydrogens is 993 g/mol. The number of anilines is 6. The van der Waals surface area contributed by atoms with Crippen molar-refractivity contribution < 1.29 is 0 Å². The molecule has 13 aromatic carbocycles. The second-order valence-electron chi connectivity index (χ2n) is 20.8. The molecule has 4 nitrogen and oxygen atoms in total. The number of para-hydroxylation sites is 4. The lowest BCUT2D eigenvalue weighted by atomic mass is 9.94. The molecule has 0 aliphatic carbocycles. The molecule has 0 N–H and O–H groups in total. The molecule has 2 heterocycles. The van der Waals surface area contributed by atoms with Crippen molar-refractivity contribution in [1.29, 1.82) is 0 Å². The Morgan fingerprint density at radius 1 is 0.183 bits per heavy atom. The molecule has 0 fully saturated rings. The van der Waals surface area contributed by atoms with Gasteiger partial charge in [-0.2, -0.15) is 0 Å². The van der Waals surface area contributed by atoms with Gasteiger partial charge in [0.15, 0.2) is 0 Å². The highest BCUT2D eigenvalue weighted by Crippen LogP contribution is 2.50. The van der Waals surface area contributed by atoms with Gasteiger partial charge in [-0.15, -0.1) is 0 Å². The van der Waals surface area contributed by atoms with Gasteiger partial charge < -0.3 is 18.9 Å². The van der Waals surface area contributed by atoms with Crippen molar-refractivity contribution >= 4 is 77.5 Å².